The summed E-state index contributed by atoms with van der Waals surface area (Å²) in [7, 11) is 1.81. The molecule has 1 unspecified atom stereocenters. The van der Waals surface area contributed by atoms with Crippen LogP contribution >= 0.6 is 0 Å². The van der Waals surface area contributed by atoms with Crippen LogP contribution in [0.4, 0.5) is 8.78 Å². The first kappa shape index (κ1) is 13.5. The van der Waals surface area contributed by atoms with Crippen LogP contribution in [0, 0.1) is 11.6 Å². The Morgan fingerprint density at radius 1 is 1.11 bits per heavy atom. The van der Waals surface area contributed by atoms with E-state index in [1.54, 1.807) is 0 Å². The minimum atomic E-state index is -0.692. The van der Waals surface area contributed by atoms with E-state index in [0.717, 1.165) is 11.6 Å². The molecule has 4 heteroatoms. The lowest BCUT2D eigenvalue weighted by atomic mass is 10.1. The molecular weight excluding hydrogens is 248 g/mol. The summed E-state index contributed by atoms with van der Waals surface area (Å²) in [6.07, 6.45) is 0. The molecule has 0 fully saturated rings. The predicted molar refractivity (Wildman–Crippen MR) is 70.1 cm³/mol. The third-order valence-corrected chi connectivity index (χ3v) is 2.85. The van der Waals surface area contributed by atoms with E-state index in [2.05, 4.69) is 5.32 Å². The normalized spacial score (nSPS) is 12.2. The topological polar surface area (TPSA) is 21.3 Å². The maximum absolute atomic E-state index is 13.4. The van der Waals surface area contributed by atoms with Crippen molar-refractivity contribution in [3.8, 4) is 5.75 Å². The van der Waals surface area contributed by atoms with E-state index in [9.17, 15) is 8.78 Å². The zero-order valence-electron chi connectivity index (χ0n) is 10.6. The van der Waals surface area contributed by atoms with Gasteiger partial charge in [0.15, 0.2) is 11.6 Å². The number of likely N-dealkylation sites (N-methyl/N-ethyl adjacent to an activating group) is 1. The number of rotatable bonds is 5. The van der Waals surface area contributed by atoms with Crippen molar-refractivity contribution in [1.29, 1.82) is 0 Å². The molecule has 0 aliphatic heterocycles. The van der Waals surface area contributed by atoms with Gasteiger partial charge < -0.3 is 10.1 Å². The summed E-state index contributed by atoms with van der Waals surface area (Å²) in [4.78, 5) is 0. The lowest BCUT2D eigenvalue weighted by Crippen LogP contribution is -2.23. The SMILES string of the molecule is CNC(COc1ccc(F)cc1F)c1ccccc1. The average Bonchev–Trinajstić information content (AvgIpc) is 2.43. The van der Waals surface area contributed by atoms with Crippen molar-refractivity contribution >= 4 is 0 Å². The Hall–Kier alpha value is -1.94. The van der Waals surface area contributed by atoms with Crippen LogP contribution in [0.1, 0.15) is 11.6 Å². The molecular formula is C15H15F2NO. The van der Waals surface area contributed by atoms with Crippen LogP contribution in [0.25, 0.3) is 0 Å². The quantitative estimate of drug-likeness (QED) is 0.893. The maximum atomic E-state index is 13.4. The number of benzene rings is 2. The van der Waals surface area contributed by atoms with Gasteiger partial charge in [0.25, 0.3) is 0 Å². The van der Waals surface area contributed by atoms with Crippen molar-refractivity contribution < 1.29 is 13.5 Å². The van der Waals surface area contributed by atoms with Gasteiger partial charge in [-0.1, -0.05) is 30.3 Å². The molecule has 0 bridgehead atoms. The summed E-state index contributed by atoms with van der Waals surface area (Å²) in [5, 5.41) is 3.10. The van der Waals surface area contributed by atoms with Gasteiger partial charge in [0.05, 0.1) is 6.04 Å². The molecule has 0 aliphatic rings. The fraction of sp³-hybridized carbons (Fsp3) is 0.200. The van der Waals surface area contributed by atoms with Gasteiger partial charge in [-0.25, -0.2) is 8.78 Å². The van der Waals surface area contributed by atoms with Gasteiger partial charge >= 0.3 is 0 Å². The van der Waals surface area contributed by atoms with Gasteiger partial charge in [-0.2, -0.15) is 0 Å². The van der Waals surface area contributed by atoms with E-state index in [-0.39, 0.29) is 18.4 Å². The summed E-state index contributed by atoms with van der Waals surface area (Å²) in [5.74, 6) is -1.25. The number of halogens is 2. The van der Waals surface area contributed by atoms with Gasteiger partial charge in [0.1, 0.15) is 12.4 Å². The zero-order chi connectivity index (χ0) is 13.7. The third-order valence-electron chi connectivity index (χ3n) is 2.85. The van der Waals surface area contributed by atoms with E-state index in [1.165, 1.54) is 12.1 Å². The zero-order valence-corrected chi connectivity index (χ0v) is 10.6. The second kappa shape index (κ2) is 6.29. The average molecular weight is 263 g/mol. The smallest absolute Gasteiger partial charge is 0.167 e. The summed E-state index contributed by atoms with van der Waals surface area (Å²) in [6.45, 7) is 0.267. The van der Waals surface area contributed by atoms with E-state index in [0.29, 0.717) is 0 Å². The Morgan fingerprint density at radius 3 is 2.47 bits per heavy atom. The summed E-state index contributed by atoms with van der Waals surface area (Å²) < 4.78 is 31.6. The standard InChI is InChI=1S/C15H15F2NO/c1-18-14(11-5-3-2-4-6-11)10-19-15-8-7-12(16)9-13(15)17/h2-9,14,18H,10H2,1H3. The maximum Gasteiger partial charge on any atom is 0.167 e. The highest BCUT2D eigenvalue weighted by atomic mass is 19.1. The molecule has 100 valence electrons. The van der Waals surface area contributed by atoms with Crippen LogP contribution < -0.4 is 10.1 Å². The first-order valence-corrected chi connectivity index (χ1v) is 6.01. The molecule has 2 aromatic rings. The van der Waals surface area contributed by atoms with Gasteiger partial charge in [0.2, 0.25) is 0 Å². The Labute approximate surface area is 111 Å². The Kier molecular flexibility index (Phi) is 4.47. The largest absolute Gasteiger partial charge is 0.489 e. The Morgan fingerprint density at radius 2 is 1.84 bits per heavy atom. The van der Waals surface area contributed by atoms with Crippen molar-refractivity contribution in [1.82, 2.24) is 5.32 Å². The molecule has 2 rings (SSSR count). The van der Waals surface area contributed by atoms with Crippen molar-refractivity contribution in [2.45, 2.75) is 6.04 Å². The molecule has 1 atom stereocenters. The monoisotopic (exact) mass is 263 g/mol. The first-order chi connectivity index (χ1) is 9.20. The molecule has 0 heterocycles. The minimum Gasteiger partial charge on any atom is -0.489 e. The van der Waals surface area contributed by atoms with E-state index in [1.807, 2.05) is 37.4 Å². The van der Waals surface area contributed by atoms with E-state index in [4.69, 9.17) is 4.74 Å². The fourth-order valence-electron chi connectivity index (χ4n) is 1.80. The summed E-state index contributed by atoms with van der Waals surface area (Å²) >= 11 is 0. The van der Waals surface area contributed by atoms with Crippen LogP contribution in [0.5, 0.6) is 5.75 Å². The fourth-order valence-corrected chi connectivity index (χ4v) is 1.80. The highest BCUT2D eigenvalue weighted by Gasteiger charge is 2.11. The van der Waals surface area contributed by atoms with Crippen LogP contribution in [-0.4, -0.2) is 13.7 Å². The number of hydrogen-bond donors (Lipinski definition) is 1. The molecule has 0 aliphatic carbocycles. The molecule has 19 heavy (non-hydrogen) atoms. The molecule has 2 nitrogen and oxygen atoms in total. The molecule has 0 radical (unpaired) electrons. The molecule has 2 aromatic carbocycles. The van der Waals surface area contributed by atoms with Gasteiger partial charge in [-0.3, -0.25) is 0 Å². The van der Waals surface area contributed by atoms with Crippen LogP contribution in [0.2, 0.25) is 0 Å². The molecule has 0 aromatic heterocycles. The number of ether oxygens (including phenoxy) is 1. The second-order valence-corrected chi connectivity index (χ2v) is 4.14. The van der Waals surface area contributed by atoms with Crippen LogP contribution in [0.3, 0.4) is 0 Å². The van der Waals surface area contributed by atoms with Gasteiger partial charge in [0, 0.05) is 6.07 Å². The van der Waals surface area contributed by atoms with Gasteiger partial charge in [-0.05, 0) is 24.7 Å². The first-order valence-electron chi connectivity index (χ1n) is 6.01. The molecule has 0 spiro atoms. The van der Waals surface area contributed by atoms with Gasteiger partial charge in [-0.15, -0.1) is 0 Å². The number of nitrogens with one attached hydrogen (secondary N) is 1. The van der Waals surface area contributed by atoms with E-state index < -0.39 is 11.6 Å². The summed E-state index contributed by atoms with van der Waals surface area (Å²) in [6, 6.07) is 12.9. The van der Waals surface area contributed by atoms with Crippen molar-refractivity contribution in [2.24, 2.45) is 0 Å². The molecule has 0 saturated heterocycles. The highest BCUT2D eigenvalue weighted by molar-refractivity contribution is 5.25. The lowest BCUT2D eigenvalue weighted by molar-refractivity contribution is 0.261. The van der Waals surface area contributed by atoms with Crippen LogP contribution in [0.15, 0.2) is 48.5 Å². The minimum absolute atomic E-state index is 0.0503. The Balaban J connectivity index is 2.04. The third kappa shape index (κ3) is 3.51. The Bertz CT molecular complexity index is 531. The molecule has 1 N–H and O–H groups in total. The van der Waals surface area contributed by atoms with Crippen molar-refractivity contribution in [2.75, 3.05) is 13.7 Å². The van der Waals surface area contributed by atoms with E-state index >= 15 is 0 Å². The van der Waals surface area contributed by atoms with Crippen molar-refractivity contribution in [3.63, 3.8) is 0 Å². The highest BCUT2D eigenvalue weighted by Crippen LogP contribution is 2.20. The predicted octanol–water partition coefficient (Wildman–Crippen LogP) is 3.30. The summed E-state index contributed by atoms with van der Waals surface area (Å²) in [5.41, 5.74) is 1.05. The number of hydrogen-bond acceptors (Lipinski definition) is 2. The second-order valence-electron chi connectivity index (χ2n) is 4.14. The van der Waals surface area contributed by atoms with Crippen LogP contribution in [-0.2, 0) is 0 Å². The van der Waals surface area contributed by atoms with Crippen molar-refractivity contribution in [3.05, 3.63) is 65.7 Å². The lowest BCUT2D eigenvalue weighted by Gasteiger charge is -2.17. The molecule has 0 amide bonds. The molecule has 0 saturated carbocycles.